The molecule has 1 aromatic carbocycles. The standard InChI is InChI=1S/C16H24FN3O/c1-16(2,3)11-6-7-20(9-11)10-15(21)19-12-4-5-13(17)14(18)8-12/h4-5,8,11H,6-7,9-10,18H2,1-3H3,(H,19,21). The number of amides is 1. The molecule has 21 heavy (non-hydrogen) atoms. The summed E-state index contributed by atoms with van der Waals surface area (Å²) in [5.74, 6) is 0.0582. The second-order valence-corrected chi connectivity index (χ2v) is 6.87. The zero-order valence-electron chi connectivity index (χ0n) is 12.9. The number of hydrogen-bond acceptors (Lipinski definition) is 3. The molecule has 1 amide bonds. The van der Waals surface area contributed by atoms with Gasteiger partial charge in [-0.1, -0.05) is 20.8 Å². The molecule has 1 aromatic rings. The fourth-order valence-corrected chi connectivity index (χ4v) is 2.71. The Hall–Kier alpha value is -1.62. The fraction of sp³-hybridized carbons (Fsp3) is 0.562. The molecule has 1 saturated heterocycles. The van der Waals surface area contributed by atoms with Crippen molar-refractivity contribution in [3.05, 3.63) is 24.0 Å². The van der Waals surface area contributed by atoms with Gasteiger partial charge in [0.05, 0.1) is 12.2 Å². The van der Waals surface area contributed by atoms with Crippen LogP contribution in [0.4, 0.5) is 15.8 Å². The first kappa shape index (κ1) is 15.8. The van der Waals surface area contributed by atoms with Crippen molar-refractivity contribution >= 4 is 17.3 Å². The molecule has 4 nitrogen and oxygen atoms in total. The van der Waals surface area contributed by atoms with Crippen LogP contribution in [-0.4, -0.2) is 30.4 Å². The number of halogens is 1. The van der Waals surface area contributed by atoms with Gasteiger partial charge < -0.3 is 11.1 Å². The summed E-state index contributed by atoms with van der Waals surface area (Å²) in [6, 6.07) is 4.22. The van der Waals surface area contributed by atoms with Gasteiger partial charge in [-0.15, -0.1) is 0 Å². The maximum Gasteiger partial charge on any atom is 0.238 e. The van der Waals surface area contributed by atoms with E-state index in [-0.39, 0.29) is 17.0 Å². The Bertz CT molecular complexity index is 525. The molecule has 0 saturated carbocycles. The van der Waals surface area contributed by atoms with E-state index in [0.29, 0.717) is 18.2 Å². The van der Waals surface area contributed by atoms with E-state index >= 15 is 0 Å². The van der Waals surface area contributed by atoms with E-state index in [0.717, 1.165) is 19.5 Å². The third-order valence-electron chi connectivity index (χ3n) is 4.14. The number of nitrogens with zero attached hydrogens (tertiary/aromatic N) is 1. The van der Waals surface area contributed by atoms with E-state index in [2.05, 4.69) is 31.0 Å². The van der Waals surface area contributed by atoms with Crippen LogP contribution in [0, 0.1) is 17.2 Å². The normalized spacial score (nSPS) is 19.7. The number of carbonyl (C=O) groups is 1. The molecule has 5 heteroatoms. The lowest BCUT2D eigenvalue weighted by Gasteiger charge is -2.27. The summed E-state index contributed by atoms with van der Waals surface area (Å²) < 4.78 is 13.1. The van der Waals surface area contributed by atoms with Crippen LogP contribution in [0.25, 0.3) is 0 Å². The summed E-state index contributed by atoms with van der Waals surface area (Å²) in [5, 5.41) is 2.76. The van der Waals surface area contributed by atoms with Gasteiger partial charge in [-0.3, -0.25) is 9.69 Å². The number of hydrogen-bond donors (Lipinski definition) is 2. The highest BCUT2D eigenvalue weighted by Gasteiger charge is 2.32. The zero-order chi connectivity index (χ0) is 15.6. The summed E-state index contributed by atoms with van der Waals surface area (Å²) in [5.41, 5.74) is 6.34. The highest BCUT2D eigenvalue weighted by molar-refractivity contribution is 5.92. The molecule has 0 bridgehead atoms. The van der Waals surface area contributed by atoms with E-state index in [4.69, 9.17) is 5.73 Å². The van der Waals surface area contributed by atoms with E-state index in [1.165, 1.54) is 18.2 Å². The van der Waals surface area contributed by atoms with E-state index in [1.807, 2.05) is 0 Å². The van der Waals surface area contributed by atoms with Crippen molar-refractivity contribution in [2.45, 2.75) is 27.2 Å². The van der Waals surface area contributed by atoms with Crippen LogP contribution in [0.3, 0.4) is 0 Å². The lowest BCUT2D eigenvalue weighted by molar-refractivity contribution is -0.117. The van der Waals surface area contributed by atoms with Crippen molar-refractivity contribution in [2.24, 2.45) is 11.3 Å². The van der Waals surface area contributed by atoms with Gasteiger partial charge in [-0.2, -0.15) is 0 Å². The minimum absolute atomic E-state index is 0.0433. The lowest BCUT2D eigenvalue weighted by atomic mass is 9.80. The first-order valence-electron chi connectivity index (χ1n) is 7.33. The van der Waals surface area contributed by atoms with Crippen molar-refractivity contribution < 1.29 is 9.18 Å². The number of benzene rings is 1. The van der Waals surface area contributed by atoms with E-state index in [1.54, 1.807) is 0 Å². The van der Waals surface area contributed by atoms with Crippen molar-refractivity contribution in [2.75, 3.05) is 30.7 Å². The van der Waals surface area contributed by atoms with Crippen LogP contribution < -0.4 is 11.1 Å². The molecule has 116 valence electrons. The number of nitrogen functional groups attached to an aromatic ring is 1. The zero-order valence-corrected chi connectivity index (χ0v) is 12.9. The first-order valence-corrected chi connectivity index (χ1v) is 7.33. The summed E-state index contributed by atoms with van der Waals surface area (Å²) >= 11 is 0. The molecule has 0 radical (unpaired) electrons. The monoisotopic (exact) mass is 293 g/mol. The predicted molar refractivity (Wildman–Crippen MR) is 83.4 cm³/mol. The van der Waals surface area contributed by atoms with Crippen LogP contribution in [0.15, 0.2) is 18.2 Å². The van der Waals surface area contributed by atoms with Gasteiger partial charge in [0.2, 0.25) is 5.91 Å². The third kappa shape index (κ3) is 4.17. The van der Waals surface area contributed by atoms with Crippen molar-refractivity contribution in [3.63, 3.8) is 0 Å². The van der Waals surface area contributed by atoms with Crippen LogP contribution in [-0.2, 0) is 4.79 Å². The Morgan fingerprint density at radius 3 is 2.76 bits per heavy atom. The van der Waals surface area contributed by atoms with Crippen LogP contribution in [0.1, 0.15) is 27.2 Å². The second kappa shape index (κ2) is 6.02. The number of nitrogens with two attached hydrogens (primary N) is 1. The topological polar surface area (TPSA) is 58.4 Å². The number of rotatable bonds is 3. The van der Waals surface area contributed by atoms with Crippen molar-refractivity contribution in [1.82, 2.24) is 4.90 Å². The highest BCUT2D eigenvalue weighted by Crippen LogP contribution is 2.33. The van der Waals surface area contributed by atoms with Crippen molar-refractivity contribution in [1.29, 1.82) is 0 Å². The maximum absolute atomic E-state index is 13.1. The summed E-state index contributed by atoms with van der Waals surface area (Å²) in [4.78, 5) is 14.2. The first-order chi connectivity index (χ1) is 9.75. The third-order valence-corrected chi connectivity index (χ3v) is 4.14. The molecule has 2 rings (SSSR count). The Morgan fingerprint density at radius 2 is 2.19 bits per heavy atom. The number of likely N-dealkylation sites (tertiary alicyclic amines) is 1. The molecular weight excluding hydrogens is 269 g/mol. The molecule has 1 fully saturated rings. The second-order valence-electron chi connectivity index (χ2n) is 6.87. The Morgan fingerprint density at radius 1 is 1.48 bits per heavy atom. The van der Waals surface area contributed by atoms with Crippen LogP contribution in [0.2, 0.25) is 0 Å². The Balaban J connectivity index is 1.87. The number of anilines is 2. The maximum atomic E-state index is 13.1. The average molecular weight is 293 g/mol. The quantitative estimate of drug-likeness (QED) is 0.842. The van der Waals surface area contributed by atoms with Gasteiger partial charge in [0, 0.05) is 12.2 Å². The minimum Gasteiger partial charge on any atom is -0.396 e. The van der Waals surface area contributed by atoms with Crippen molar-refractivity contribution in [3.8, 4) is 0 Å². The molecule has 1 atom stereocenters. The average Bonchev–Trinajstić information content (AvgIpc) is 2.82. The smallest absolute Gasteiger partial charge is 0.238 e. The fourth-order valence-electron chi connectivity index (χ4n) is 2.71. The summed E-state index contributed by atoms with van der Waals surface area (Å²) in [7, 11) is 0. The Labute approximate surface area is 125 Å². The van der Waals surface area contributed by atoms with E-state index < -0.39 is 5.82 Å². The molecule has 0 aromatic heterocycles. The number of nitrogens with one attached hydrogen (secondary N) is 1. The van der Waals surface area contributed by atoms with Gasteiger partial charge in [0.15, 0.2) is 0 Å². The van der Waals surface area contributed by atoms with Gasteiger partial charge in [-0.05, 0) is 42.5 Å². The van der Waals surface area contributed by atoms with Gasteiger partial charge in [-0.25, -0.2) is 4.39 Å². The molecule has 1 aliphatic heterocycles. The SMILES string of the molecule is CC(C)(C)C1CCN(CC(=O)Nc2ccc(F)c(N)c2)C1. The van der Waals surface area contributed by atoms with Crippen LogP contribution >= 0.6 is 0 Å². The highest BCUT2D eigenvalue weighted by atomic mass is 19.1. The molecule has 1 aliphatic rings. The summed E-state index contributed by atoms with van der Waals surface area (Å²) in [6.07, 6.45) is 1.13. The molecule has 0 spiro atoms. The van der Waals surface area contributed by atoms with Crippen LogP contribution in [0.5, 0.6) is 0 Å². The predicted octanol–water partition coefficient (Wildman–Crippen LogP) is 2.71. The van der Waals surface area contributed by atoms with E-state index in [9.17, 15) is 9.18 Å². The Kier molecular flexibility index (Phi) is 4.52. The molecule has 1 heterocycles. The summed E-state index contributed by atoms with van der Waals surface area (Å²) in [6.45, 7) is 8.97. The molecule has 1 unspecified atom stereocenters. The molecular formula is C16H24FN3O. The van der Waals surface area contributed by atoms with Gasteiger partial charge >= 0.3 is 0 Å². The largest absolute Gasteiger partial charge is 0.396 e. The molecule has 3 N–H and O–H groups in total. The van der Waals surface area contributed by atoms with Gasteiger partial charge in [0.1, 0.15) is 5.82 Å². The lowest BCUT2D eigenvalue weighted by Crippen LogP contribution is -2.33. The van der Waals surface area contributed by atoms with Gasteiger partial charge in [0.25, 0.3) is 0 Å². The number of carbonyl (C=O) groups excluding carboxylic acids is 1. The molecule has 0 aliphatic carbocycles. The minimum atomic E-state index is -0.472.